The molecule has 0 bridgehead atoms. The van der Waals surface area contributed by atoms with Crippen LogP contribution in [0.25, 0.3) is 0 Å². The molecule has 0 N–H and O–H groups in total. The van der Waals surface area contributed by atoms with E-state index in [2.05, 4.69) is 29.0 Å². The van der Waals surface area contributed by atoms with Crippen LogP contribution in [0.15, 0.2) is 28.7 Å². The van der Waals surface area contributed by atoms with Gasteiger partial charge in [-0.15, -0.1) is 0 Å². The second-order valence-corrected chi connectivity index (χ2v) is 5.40. The zero-order chi connectivity index (χ0) is 8.27. The average Bonchev–Trinajstić information content (AvgIpc) is 1.93. The van der Waals surface area contributed by atoms with Crippen LogP contribution in [0.4, 0.5) is 0 Å². The molecule has 1 nitrogen and oxygen atoms in total. The lowest BCUT2D eigenvalue weighted by molar-refractivity contribution is 0.580. The fraction of sp³-hybridized carbons (Fsp3) is 0.250. The topological polar surface area (TPSA) is 9.23 Å². The normalized spacial score (nSPS) is 10.2. The monoisotopic (exact) mass is 229 g/mol. The standard InChI is InChI=1S/C8H10BrOSi/c1-11(2)10-8-5-3-7(9)4-6-8/h3-6H,1-2H3. The maximum Gasteiger partial charge on any atom is 0.274 e. The highest BCUT2D eigenvalue weighted by Crippen LogP contribution is 2.16. The molecule has 1 radical (unpaired) electrons. The smallest absolute Gasteiger partial charge is 0.274 e. The summed E-state index contributed by atoms with van der Waals surface area (Å²) in [5.41, 5.74) is 0. The predicted octanol–water partition coefficient (Wildman–Crippen LogP) is 3.08. The van der Waals surface area contributed by atoms with Crippen LogP contribution in [0.1, 0.15) is 0 Å². The molecule has 0 aliphatic carbocycles. The van der Waals surface area contributed by atoms with Gasteiger partial charge in [0.15, 0.2) is 0 Å². The molecule has 0 aliphatic heterocycles. The highest BCUT2D eigenvalue weighted by atomic mass is 79.9. The molecule has 3 heteroatoms. The molecule has 0 spiro atoms. The molecule has 1 aromatic rings. The van der Waals surface area contributed by atoms with Crippen molar-refractivity contribution in [3.63, 3.8) is 0 Å². The maximum atomic E-state index is 5.55. The quantitative estimate of drug-likeness (QED) is 0.709. The van der Waals surface area contributed by atoms with Crippen LogP contribution in [0, 0.1) is 0 Å². The van der Waals surface area contributed by atoms with E-state index in [0.717, 1.165) is 10.2 Å². The van der Waals surface area contributed by atoms with Crippen molar-refractivity contribution in [1.29, 1.82) is 0 Å². The Morgan fingerprint density at radius 3 is 2.18 bits per heavy atom. The van der Waals surface area contributed by atoms with Crippen LogP contribution in [-0.4, -0.2) is 9.04 Å². The van der Waals surface area contributed by atoms with Crippen LogP contribution >= 0.6 is 15.9 Å². The number of benzene rings is 1. The molecule has 59 valence electrons. The first kappa shape index (κ1) is 8.81. The molecular weight excluding hydrogens is 220 g/mol. The van der Waals surface area contributed by atoms with E-state index in [1.54, 1.807) is 0 Å². The summed E-state index contributed by atoms with van der Waals surface area (Å²) in [7, 11) is -0.615. The third-order valence-electron chi connectivity index (χ3n) is 1.14. The Balaban J connectivity index is 2.66. The van der Waals surface area contributed by atoms with E-state index in [1.807, 2.05) is 24.3 Å². The number of halogens is 1. The van der Waals surface area contributed by atoms with Gasteiger partial charge in [0.1, 0.15) is 5.75 Å². The number of hydrogen-bond acceptors (Lipinski definition) is 1. The van der Waals surface area contributed by atoms with Crippen molar-refractivity contribution >= 4 is 25.0 Å². The van der Waals surface area contributed by atoms with E-state index in [9.17, 15) is 0 Å². The van der Waals surface area contributed by atoms with Crippen molar-refractivity contribution in [2.45, 2.75) is 13.1 Å². The Labute approximate surface area is 77.2 Å². The summed E-state index contributed by atoms with van der Waals surface area (Å²) >= 11 is 3.36. The first-order valence-electron chi connectivity index (χ1n) is 3.42. The molecular formula is C8H10BrOSi. The van der Waals surface area contributed by atoms with Gasteiger partial charge in [-0.2, -0.15) is 0 Å². The highest BCUT2D eigenvalue weighted by molar-refractivity contribution is 9.10. The Bertz CT molecular complexity index is 220. The minimum absolute atomic E-state index is 0.615. The van der Waals surface area contributed by atoms with Gasteiger partial charge in [0.2, 0.25) is 0 Å². The third kappa shape index (κ3) is 3.08. The molecule has 1 aromatic carbocycles. The van der Waals surface area contributed by atoms with E-state index < -0.39 is 9.04 Å². The van der Waals surface area contributed by atoms with Gasteiger partial charge in [-0.3, -0.25) is 0 Å². The second-order valence-electron chi connectivity index (χ2n) is 2.46. The molecule has 0 saturated carbocycles. The fourth-order valence-corrected chi connectivity index (χ4v) is 1.61. The Morgan fingerprint density at radius 1 is 1.18 bits per heavy atom. The van der Waals surface area contributed by atoms with Gasteiger partial charge < -0.3 is 4.43 Å². The number of hydrogen-bond donors (Lipinski definition) is 0. The molecule has 0 amide bonds. The van der Waals surface area contributed by atoms with Crippen LogP contribution < -0.4 is 4.43 Å². The summed E-state index contributed by atoms with van der Waals surface area (Å²) in [5, 5.41) is 0. The summed E-state index contributed by atoms with van der Waals surface area (Å²) in [4.78, 5) is 0. The van der Waals surface area contributed by atoms with Crippen LogP contribution in [-0.2, 0) is 0 Å². The first-order valence-corrected chi connectivity index (χ1v) is 6.62. The van der Waals surface area contributed by atoms with E-state index in [1.165, 1.54) is 0 Å². The maximum absolute atomic E-state index is 5.55. The van der Waals surface area contributed by atoms with Crippen LogP contribution in [0.3, 0.4) is 0 Å². The van der Waals surface area contributed by atoms with Crippen molar-refractivity contribution in [2.75, 3.05) is 0 Å². The fourth-order valence-electron chi connectivity index (χ4n) is 0.738. The van der Waals surface area contributed by atoms with Gasteiger partial charge in [-0.1, -0.05) is 15.9 Å². The van der Waals surface area contributed by atoms with E-state index in [-0.39, 0.29) is 0 Å². The zero-order valence-electron chi connectivity index (χ0n) is 6.60. The highest BCUT2D eigenvalue weighted by Gasteiger charge is 1.98. The van der Waals surface area contributed by atoms with E-state index in [4.69, 9.17) is 4.43 Å². The van der Waals surface area contributed by atoms with Crippen LogP contribution in [0.5, 0.6) is 5.75 Å². The van der Waals surface area contributed by atoms with Crippen molar-refractivity contribution in [1.82, 2.24) is 0 Å². The molecule has 0 atom stereocenters. The molecule has 1 rings (SSSR count). The SMILES string of the molecule is C[Si](C)Oc1ccc(Br)cc1. The first-order chi connectivity index (χ1) is 5.18. The molecule has 0 heterocycles. The number of rotatable bonds is 2. The summed E-state index contributed by atoms with van der Waals surface area (Å²) < 4.78 is 6.64. The molecule has 0 fully saturated rings. The van der Waals surface area contributed by atoms with Crippen molar-refractivity contribution in [3.05, 3.63) is 28.7 Å². The second kappa shape index (κ2) is 3.92. The molecule has 0 saturated heterocycles. The van der Waals surface area contributed by atoms with Gasteiger partial charge in [0.05, 0.1) is 0 Å². The molecule has 0 aromatic heterocycles. The summed E-state index contributed by atoms with van der Waals surface area (Å²) in [6.07, 6.45) is 0. The minimum atomic E-state index is -0.615. The lowest BCUT2D eigenvalue weighted by Crippen LogP contribution is -2.10. The van der Waals surface area contributed by atoms with Crippen molar-refractivity contribution in [3.8, 4) is 5.75 Å². The van der Waals surface area contributed by atoms with Gasteiger partial charge in [-0.05, 0) is 37.4 Å². The lowest BCUT2D eigenvalue weighted by Gasteiger charge is -2.07. The lowest BCUT2D eigenvalue weighted by atomic mass is 10.3. The van der Waals surface area contributed by atoms with Gasteiger partial charge in [0.25, 0.3) is 9.04 Å². The minimum Gasteiger partial charge on any atom is -0.543 e. The summed E-state index contributed by atoms with van der Waals surface area (Å²) in [6.45, 7) is 4.24. The largest absolute Gasteiger partial charge is 0.543 e. The Morgan fingerprint density at radius 2 is 1.73 bits per heavy atom. The van der Waals surface area contributed by atoms with E-state index >= 15 is 0 Å². The van der Waals surface area contributed by atoms with Crippen molar-refractivity contribution in [2.24, 2.45) is 0 Å². The third-order valence-corrected chi connectivity index (χ3v) is 2.31. The van der Waals surface area contributed by atoms with E-state index in [0.29, 0.717) is 0 Å². The molecule has 0 aliphatic rings. The Kier molecular flexibility index (Phi) is 3.14. The van der Waals surface area contributed by atoms with Crippen LogP contribution in [0.2, 0.25) is 13.1 Å². The molecule has 0 unspecified atom stereocenters. The zero-order valence-corrected chi connectivity index (χ0v) is 9.18. The van der Waals surface area contributed by atoms with Gasteiger partial charge in [0, 0.05) is 4.47 Å². The van der Waals surface area contributed by atoms with Crippen molar-refractivity contribution < 1.29 is 4.43 Å². The molecule has 11 heavy (non-hydrogen) atoms. The average molecular weight is 230 g/mol. The predicted molar refractivity (Wildman–Crippen MR) is 52.3 cm³/mol. The summed E-state index contributed by atoms with van der Waals surface area (Å²) in [6, 6.07) is 7.92. The van der Waals surface area contributed by atoms with Gasteiger partial charge >= 0.3 is 0 Å². The Hall–Kier alpha value is -0.283. The summed E-state index contributed by atoms with van der Waals surface area (Å²) in [5.74, 6) is 0.965. The van der Waals surface area contributed by atoms with Gasteiger partial charge in [-0.25, -0.2) is 0 Å².